The number of carbonyl (C=O) groups excluding carboxylic acids is 2. The zero-order chi connectivity index (χ0) is 20.4. The summed E-state index contributed by atoms with van der Waals surface area (Å²) in [7, 11) is -3.95. The Bertz CT molecular complexity index is 852. The first kappa shape index (κ1) is 20.8. The zero-order valence-electron chi connectivity index (χ0n) is 15.4. The van der Waals surface area contributed by atoms with E-state index in [2.05, 4.69) is 10.0 Å². The van der Waals surface area contributed by atoms with Crippen molar-refractivity contribution >= 4 is 33.5 Å². The summed E-state index contributed by atoms with van der Waals surface area (Å²) < 4.78 is 27.2. The fourth-order valence-corrected chi connectivity index (χ4v) is 4.07. The van der Waals surface area contributed by atoms with E-state index in [1.165, 1.54) is 43.0 Å². The number of carbonyl (C=O) groups is 3. The molecule has 0 bridgehead atoms. The molecule has 0 saturated carbocycles. The van der Waals surface area contributed by atoms with Gasteiger partial charge in [0.25, 0.3) is 0 Å². The first-order valence-corrected chi connectivity index (χ1v) is 9.85. The van der Waals surface area contributed by atoms with Gasteiger partial charge in [-0.15, -0.1) is 0 Å². The van der Waals surface area contributed by atoms with Crippen LogP contribution < -0.4 is 10.0 Å². The third-order valence-electron chi connectivity index (χ3n) is 4.49. The molecule has 1 heterocycles. The molecule has 1 aliphatic rings. The van der Waals surface area contributed by atoms with Gasteiger partial charge in [0.05, 0.1) is 16.4 Å². The molecule has 10 heteroatoms. The molecule has 2 amide bonds. The lowest BCUT2D eigenvalue weighted by Crippen LogP contribution is -2.47. The van der Waals surface area contributed by atoms with E-state index in [0.717, 1.165) is 0 Å². The van der Waals surface area contributed by atoms with Crippen LogP contribution in [0.15, 0.2) is 29.2 Å². The smallest absolute Gasteiger partial charge is 0.311 e. The van der Waals surface area contributed by atoms with Gasteiger partial charge in [-0.1, -0.05) is 0 Å². The second-order valence-corrected chi connectivity index (χ2v) is 8.64. The van der Waals surface area contributed by atoms with E-state index >= 15 is 0 Å². The molecule has 1 aromatic rings. The molecule has 2 unspecified atom stereocenters. The number of amides is 2. The van der Waals surface area contributed by atoms with Crippen LogP contribution >= 0.6 is 0 Å². The van der Waals surface area contributed by atoms with E-state index in [1.807, 2.05) is 0 Å². The fraction of sp³-hybridized carbons (Fsp3) is 0.471. The molecule has 1 aliphatic heterocycles. The molecular formula is C17H23N3O6S. The number of carboxylic acid groups (broad SMARTS) is 1. The van der Waals surface area contributed by atoms with Gasteiger partial charge in [0.15, 0.2) is 0 Å². The van der Waals surface area contributed by atoms with Crippen LogP contribution in [0.2, 0.25) is 0 Å². The van der Waals surface area contributed by atoms with Gasteiger partial charge in [-0.2, -0.15) is 4.72 Å². The summed E-state index contributed by atoms with van der Waals surface area (Å²) in [5.74, 6) is -1.73. The summed E-state index contributed by atoms with van der Waals surface area (Å²) in [4.78, 5) is 36.1. The standard InChI is InChI=1S/C17H23N3O6S/c1-11(15(22)20-9-8-17(3,10-20)16(23)24)19-27(25,26)14-6-4-13(5-7-14)18-12(2)21/h4-7,11,19H,8-10H2,1-3H3,(H,18,21)(H,23,24). The molecule has 27 heavy (non-hydrogen) atoms. The number of carboxylic acids is 1. The second kappa shape index (κ2) is 7.65. The molecule has 1 aromatic carbocycles. The Balaban J connectivity index is 2.05. The van der Waals surface area contributed by atoms with Crippen LogP contribution in [0.1, 0.15) is 27.2 Å². The van der Waals surface area contributed by atoms with Crippen LogP contribution in [-0.2, 0) is 24.4 Å². The van der Waals surface area contributed by atoms with Crippen molar-refractivity contribution in [3.8, 4) is 0 Å². The number of hydrogen-bond donors (Lipinski definition) is 3. The third kappa shape index (κ3) is 4.83. The highest BCUT2D eigenvalue weighted by Crippen LogP contribution is 2.30. The van der Waals surface area contributed by atoms with Crippen LogP contribution in [0.5, 0.6) is 0 Å². The van der Waals surface area contributed by atoms with Crippen LogP contribution in [0, 0.1) is 5.41 Å². The third-order valence-corrected chi connectivity index (χ3v) is 6.05. The van der Waals surface area contributed by atoms with Crippen LogP contribution in [0.3, 0.4) is 0 Å². The van der Waals surface area contributed by atoms with Crippen molar-refractivity contribution in [2.45, 2.75) is 38.1 Å². The minimum Gasteiger partial charge on any atom is -0.481 e. The highest BCUT2D eigenvalue weighted by atomic mass is 32.2. The highest BCUT2D eigenvalue weighted by Gasteiger charge is 2.43. The summed E-state index contributed by atoms with van der Waals surface area (Å²) in [5, 5.41) is 11.8. The zero-order valence-corrected chi connectivity index (χ0v) is 16.2. The lowest BCUT2D eigenvalue weighted by Gasteiger charge is -2.23. The van der Waals surface area contributed by atoms with E-state index in [9.17, 15) is 27.9 Å². The van der Waals surface area contributed by atoms with Gasteiger partial charge in [-0.05, 0) is 44.5 Å². The average molecular weight is 397 g/mol. The van der Waals surface area contributed by atoms with E-state index in [1.54, 1.807) is 6.92 Å². The van der Waals surface area contributed by atoms with Crippen molar-refractivity contribution < 1.29 is 27.9 Å². The quantitative estimate of drug-likeness (QED) is 0.645. The van der Waals surface area contributed by atoms with E-state index in [-0.39, 0.29) is 23.9 Å². The number of rotatable bonds is 6. The van der Waals surface area contributed by atoms with Crippen LogP contribution in [0.4, 0.5) is 5.69 Å². The van der Waals surface area contributed by atoms with Crippen LogP contribution in [0.25, 0.3) is 0 Å². The van der Waals surface area contributed by atoms with E-state index in [0.29, 0.717) is 12.1 Å². The first-order chi connectivity index (χ1) is 12.4. The van der Waals surface area contributed by atoms with Gasteiger partial charge in [0.1, 0.15) is 0 Å². The normalized spacial score (nSPS) is 20.9. The maximum atomic E-state index is 12.5. The van der Waals surface area contributed by atoms with E-state index in [4.69, 9.17) is 0 Å². The number of nitrogens with one attached hydrogen (secondary N) is 2. The number of benzene rings is 1. The fourth-order valence-electron chi connectivity index (χ4n) is 2.87. The predicted octanol–water partition coefficient (Wildman–Crippen LogP) is 0.635. The van der Waals surface area contributed by atoms with Crippen molar-refractivity contribution in [2.75, 3.05) is 18.4 Å². The Morgan fingerprint density at radius 2 is 1.81 bits per heavy atom. The Kier molecular flexibility index (Phi) is 5.91. The highest BCUT2D eigenvalue weighted by molar-refractivity contribution is 7.89. The van der Waals surface area contributed by atoms with Gasteiger partial charge < -0.3 is 15.3 Å². The predicted molar refractivity (Wildman–Crippen MR) is 97.5 cm³/mol. The van der Waals surface area contributed by atoms with Crippen molar-refractivity contribution in [2.24, 2.45) is 5.41 Å². The Morgan fingerprint density at radius 1 is 1.22 bits per heavy atom. The summed E-state index contributed by atoms with van der Waals surface area (Å²) in [6, 6.07) is 4.49. The van der Waals surface area contributed by atoms with Crippen molar-refractivity contribution in [3.63, 3.8) is 0 Å². The number of aliphatic carboxylic acids is 1. The summed E-state index contributed by atoms with van der Waals surface area (Å²) in [6.45, 7) is 4.63. The van der Waals surface area contributed by atoms with E-state index < -0.39 is 33.4 Å². The number of nitrogens with zero attached hydrogens (tertiary/aromatic N) is 1. The molecule has 2 atom stereocenters. The van der Waals surface area contributed by atoms with Gasteiger partial charge in [-0.25, -0.2) is 8.42 Å². The Hall–Kier alpha value is -2.46. The maximum absolute atomic E-state index is 12.5. The molecule has 9 nitrogen and oxygen atoms in total. The van der Waals surface area contributed by atoms with Crippen molar-refractivity contribution in [3.05, 3.63) is 24.3 Å². The summed E-state index contributed by atoms with van der Waals surface area (Å²) >= 11 is 0. The topological polar surface area (TPSA) is 133 Å². The first-order valence-electron chi connectivity index (χ1n) is 8.37. The van der Waals surface area contributed by atoms with Crippen molar-refractivity contribution in [1.82, 2.24) is 9.62 Å². The second-order valence-electron chi connectivity index (χ2n) is 6.92. The number of likely N-dealkylation sites (tertiary alicyclic amines) is 1. The molecule has 3 N–H and O–H groups in total. The largest absolute Gasteiger partial charge is 0.481 e. The minimum absolute atomic E-state index is 0.0403. The molecule has 0 aliphatic carbocycles. The molecule has 1 fully saturated rings. The van der Waals surface area contributed by atoms with Crippen LogP contribution in [-0.4, -0.2) is 55.3 Å². The van der Waals surface area contributed by atoms with Crippen molar-refractivity contribution in [1.29, 1.82) is 0 Å². The molecule has 2 rings (SSSR count). The number of anilines is 1. The molecular weight excluding hydrogens is 374 g/mol. The number of hydrogen-bond acceptors (Lipinski definition) is 5. The molecule has 1 saturated heterocycles. The Labute approximate surface area is 157 Å². The lowest BCUT2D eigenvalue weighted by atomic mass is 9.90. The molecule has 0 radical (unpaired) electrons. The Morgan fingerprint density at radius 3 is 2.30 bits per heavy atom. The van der Waals surface area contributed by atoms with Gasteiger partial charge in [-0.3, -0.25) is 14.4 Å². The molecule has 0 spiro atoms. The van der Waals surface area contributed by atoms with Gasteiger partial charge in [0, 0.05) is 25.7 Å². The lowest BCUT2D eigenvalue weighted by molar-refractivity contribution is -0.147. The number of sulfonamides is 1. The SMILES string of the molecule is CC(=O)Nc1ccc(S(=O)(=O)NC(C)C(=O)N2CCC(C)(C(=O)O)C2)cc1. The summed E-state index contributed by atoms with van der Waals surface area (Å²) in [6.07, 6.45) is 0.318. The minimum atomic E-state index is -3.95. The monoisotopic (exact) mass is 397 g/mol. The summed E-state index contributed by atoms with van der Waals surface area (Å²) in [5.41, 5.74) is -0.566. The molecule has 0 aromatic heterocycles. The molecule has 148 valence electrons. The van der Waals surface area contributed by atoms with Gasteiger partial charge >= 0.3 is 5.97 Å². The average Bonchev–Trinajstić information content (AvgIpc) is 2.97. The maximum Gasteiger partial charge on any atom is 0.311 e. The van der Waals surface area contributed by atoms with Gasteiger partial charge in [0.2, 0.25) is 21.8 Å².